The molecular weight excluding hydrogens is 481 g/mol. The van der Waals surface area contributed by atoms with Gasteiger partial charge in [0.2, 0.25) is 11.7 Å². The minimum atomic E-state index is -0.628. The lowest BCUT2D eigenvalue weighted by Gasteiger charge is -2.29. The standard InChI is InChI=1S/C26H23ClFN7O/c1-33-12-9-17(10-13-33)16-5-7-18(8-6-16)31-25-30-15-19-23(32-25)34-14-11-29-26(34)35(24(19)36)22-20(27)3-2-4-21(22)28/h2-8,11,14-15,17H,9-10,12-13H2,1H3,(H,30,31,32). The zero-order chi connectivity index (χ0) is 24.8. The molecular formula is C26H23ClFN7O. The van der Waals surface area contributed by atoms with Crippen LogP contribution in [-0.2, 0) is 0 Å². The van der Waals surface area contributed by atoms with Crippen molar-refractivity contribution in [1.29, 1.82) is 0 Å². The third kappa shape index (κ3) is 3.90. The second-order valence-corrected chi connectivity index (χ2v) is 9.47. The summed E-state index contributed by atoms with van der Waals surface area (Å²) in [7, 11) is 2.16. The van der Waals surface area contributed by atoms with E-state index in [2.05, 4.69) is 44.3 Å². The lowest BCUT2D eigenvalue weighted by Crippen LogP contribution is -2.29. The van der Waals surface area contributed by atoms with Gasteiger partial charge in [-0.2, -0.15) is 4.98 Å². The second-order valence-electron chi connectivity index (χ2n) is 9.06. The fraction of sp³-hybridized carbons (Fsp3) is 0.231. The quantitative estimate of drug-likeness (QED) is 0.380. The molecule has 0 bridgehead atoms. The maximum Gasteiger partial charge on any atom is 0.270 e. The normalized spacial score (nSPS) is 15.1. The number of fused-ring (bicyclic) bond motifs is 3. The molecule has 8 nitrogen and oxygen atoms in total. The highest BCUT2D eigenvalue weighted by Gasteiger charge is 2.20. The average Bonchev–Trinajstić information content (AvgIpc) is 3.37. The van der Waals surface area contributed by atoms with E-state index in [1.165, 1.54) is 36.2 Å². The highest BCUT2D eigenvalue weighted by atomic mass is 35.5. The van der Waals surface area contributed by atoms with Crippen molar-refractivity contribution in [3.05, 3.63) is 87.8 Å². The van der Waals surface area contributed by atoms with Crippen molar-refractivity contribution in [2.24, 2.45) is 0 Å². The number of nitrogens with one attached hydrogen (secondary N) is 1. The van der Waals surface area contributed by atoms with Crippen LogP contribution in [0.3, 0.4) is 0 Å². The van der Waals surface area contributed by atoms with Crippen LogP contribution in [0.5, 0.6) is 0 Å². The topological polar surface area (TPSA) is 80.4 Å². The number of piperidine rings is 1. The van der Waals surface area contributed by atoms with E-state index in [1.54, 1.807) is 10.6 Å². The molecule has 0 spiro atoms. The van der Waals surface area contributed by atoms with E-state index in [4.69, 9.17) is 11.6 Å². The molecule has 2 aromatic carbocycles. The van der Waals surface area contributed by atoms with E-state index in [0.717, 1.165) is 36.2 Å². The fourth-order valence-corrected chi connectivity index (χ4v) is 5.07. The summed E-state index contributed by atoms with van der Waals surface area (Å²) in [6.45, 7) is 2.23. The molecule has 0 radical (unpaired) electrons. The average molecular weight is 504 g/mol. The molecule has 1 aliphatic heterocycles. The van der Waals surface area contributed by atoms with Crippen LogP contribution in [0.15, 0.2) is 65.8 Å². The van der Waals surface area contributed by atoms with Crippen LogP contribution >= 0.6 is 11.6 Å². The summed E-state index contributed by atoms with van der Waals surface area (Å²) in [6.07, 6.45) is 6.94. The Labute approximate surface area is 211 Å². The number of rotatable bonds is 4. The number of likely N-dealkylation sites (tertiary alicyclic amines) is 1. The fourth-order valence-electron chi connectivity index (χ4n) is 4.82. The van der Waals surface area contributed by atoms with Crippen molar-refractivity contribution < 1.29 is 4.39 Å². The summed E-state index contributed by atoms with van der Waals surface area (Å²) in [5.74, 6) is 0.487. The van der Waals surface area contributed by atoms with Gasteiger partial charge in [0.15, 0.2) is 5.65 Å². The van der Waals surface area contributed by atoms with Crippen molar-refractivity contribution >= 4 is 40.0 Å². The molecule has 0 atom stereocenters. The number of imidazole rings is 1. The highest BCUT2D eigenvalue weighted by molar-refractivity contribution is 6.32. The first kappa shape index (κ1) is 22.6. The number of nitrogens with zero attached hydrogens (tertiary/aromatic N) is 6. The van der Waals surface area contributed by atoms with E-state index in [0.29, 0.717) is 17.5 Å². The van der Waals surface area contributed by atoms with Gasteiger partial charge in [0, 0.05) is 24.3 Å². The van der Waals surface area contributed by atoms with Crippen molar-refractivity contribution in [2.45, 2.75) is 18.8 Å². The van der Waals surface area contributed by atoms with Crippen molar-refractivity contribution in [3.8, 4) is 5.69 Å². The van der Waals surface area contributed by atoms with Gasteiger partial charge < -0.3 is 10.2 Å². The molecule has 1 N–H and O–H groups in total. The van der Waals surface area contributed by atoms with Gasteiger partial charge in [0.25, 0.3) is 5.56 Å². The molecule has 4 heterocycles. The Bertz CT molecular complexity index is 1620. The van der Waals surface area contributed by atoms with Crippen LogP contribution < -0.4 is 10.9 Å². The molecule has 0 saturated carbocycles. The number of hydrogen-bond acceptors (Lipinski definition) is 6. The van der Waals surface area contributed by atoms with Crippen LogP contribution in [0, 0.1) is 5.82 Å². The molecule has 0 aliphatic carbocycles. The van der Waals surface area contributed by atoms with E-state index in [-0.39, 0.29) is 21.9 Å². The second kappa shape index (κ2) is 9.00. The molecule has 3 aromatic heterocycles. The summed E-state index contributed by atoms with van der Waals surface area (Å²) in [5.41, 5.74) is 1.97. The summed E-state index contributed by atoms with van der Waals surface area (Å²) in [5, 5.41) is 3.53. The van der Waals surface area contributed by atoms with Crippen LogP contribution in [0.2, 0.25) is 5.02 Å². The maximum absolute atomic E-state index is 14.7. The Morgan fingerprint density at radius 3 is 2.61 bits per heavy atom. The van der Waals surface area contributed by atoms with Gasteiger partial charge >= 0.3 is 0 Å². The first-order chi connectivity index (χ1) is 17.5. The Morgan fingerprint density at radius 1 is 1.08 bits per heavy atom. The maximum atomic E-state index is 14.7. The number of benzene rings is 2. The van der Waals surface area contributed by atoms with Crippen molar-refractivity contribution in [3.63, 3.8) is 0 Å². The lowest BCUT2D eigenvalue weighted by molar-refractivity contribution is 0.255. The Hall–Kier alpha value is -3.82. The van der Waals surface area contributed by atoms with Crippen LogP contribution in [0.4, 0.5) is 16.0 Å². The molecule has 5 aromatic rings. The number of hydrogen-bond donors (Lipinski definition) is 1. The number of halogens is 2. The summed E-state index contributed by atoms with van der Waals surface area (Å²) in [4.78, 5) is 29.0. The molecule has 6 rings (SSSR count). The minimum absolute atomic E-state index is 0.0610. The van der Waals surface area contributed by atoms with Gasteiger partial charge in [-0.25, -0.2) is 18.9 Å². The molecule has 1 saturated heterocycles. The summed E-state index contributed by atoms with van der Waals surface area (Å²) in [6, 6.07) is 12.6. The molecule has 0 unspecified atom stereocenters. The largest absolute Gasteiger partial charge is 0.324 e. The van der Waals surface area contributed by atoms with Gasteiger partial charge in [-0.1, -0.05) is 29.8 Å². The molecule has 0 amide bonds. The van der Waals surface area contributed by atoms with Gasteiger partial charge in [-0.05, 0) is 68.7 Å². The molecule has 1 fully saturated rings. The van der Waals surface area contributed by atoms with Crippen molar-refractivity contribution in [1.82, 2.24) is 28.8 Å². The number of aromatic nitrogens is 5. The predicted octanol–water partition coefficient (Wildman–Crippen LogP) is 4.77. The van der Waals surface area contributed by atoms with E-state index < -0.39 is 11.4 Å². The summed E-state index contributed by atoms with van der Waals surface area (Å²) >= 11 is 6.26. The molecule has 10 heteroatoms. The lowest BCUT2D eigenvalue weighted by atomic mass is 9.89. The first-order valence-electron chi connectivity index (χ1n) is 11.7. The molecule has 182 valence electrons. The Morgan fingerprint density at radius 2 is 1.86 bits per heavy atom. The van der Waals surface area contributed by atoms with Crippen molar-refractivity contribution in [2.75, 3.05) is 25.5 Å². The number of para-hydroxylation sites is 1. The Balaban J connectivity index is 1.36. The third-order valence-corrected chi connectivity index (χ3v) is 7.07. The zero-order valence-electron chi connectivity index (χ0n) is 19.5. The monoisotopic (exact) mass is 503 g/mol. The van der Waals surface area contributed by atoms with Gasteiger partial charge in [-0.15, -0.1) is 0 Å². The smallest absolute Gasteiger partial charge is 0.270 e. The Kier molecular flexibility index (Phi) is 5.66. The third-order valence-electron chi connectivity index (χ3n) is 6.77. The van der Waals surface area contributed by atoms with Gasteiger partial charge in [0.05, 0.1) is 5.02 Å². The predicted molar refractivity (Wildman–Crippen MR) is 138 cm³/mol. The summed E-state index contributed by atoms with van der Waals surface area (Å²) < 4.78 is 17.5. The van der Waals surface area contributed by atoms with Crippen LogP contribution in [0.1, 0.15) is 24.3 Å². The molecule has 36 heavy (non-hydrogen) atoms. The van der Waals surface area contributed by atoms with Gasteiger partial charge in [0.1, 0.15) is 16.9 Å². The SMILES string of the molecule is CN1CCC(c2ccc(Nc3ncc4c(=O)n(-c5c(F)cccc5Cl)c5nccn5c4n3)cc2)CC1. The molecule has 1 aliphatic rings. The van der Waals surface area contributed by atoms with Crippen LogP contribution in [0.25, 0.3) is 22.5 Å². The van der Waals surface area contributed by atoms with Gasteiger partial charge in [-0.3, -0.25) is 9.20 Å². The van der Waals surface area contributed by atoms with Crippen LogP contribution in [-0.4, -0.2) is 49.0 Å². The van der Waals surface area contributed by atoms with E-state index in [1.807, 2.05) is 12.1 Å². The van der Waals surface area contributed by atoms with E-state index >= 15 is 0 Å². The number of anilines is 2. The first-order valence-corrected chi connectivity index (χ1v) is 12.1. The zero-order valence-corrected chi connectivity index (χ0v) is 20.3. The van der Waals surface area contributed by atoms with E-state index in [9.17, 15) is 9.18 Å². The minimum Gasteiger partial charge on any atom is -0.324 e. The highest BCUT2D eigenvalue weighted by Crippen LogP contribution is 2.29.